The number of hydrogen-bond donors (Lipinski definition) is 2. The molecular weight excluding hydrogens is 354 g/mol. The average Bonchev–Trinajstić information content (AvgIpc) is 2.93. The first-order valence-electron chi connectivity index (χ1n) is 8.73. The number of hydrogen-bond acceptors (Lipinski definition) is 5. The van der Waals surface area contributed by atoms with Crippen molar-refractivity contribution in [2.24, 2.45) is 4.99 Å². The van der Waals surface area contributed by atoms with Crippen molar-refractivity contribution >= 4 is 15.8 Å². The fourth-order valence-electron chi connectivity index (χ4n) is 2.88. The van der Waals surface area contributed by atoms with Crippen LogP contribution in [0.3, 0.4) is 0 Å². The van der Waals surface area contributed by atoms with Gasteiger partial charge in [0, 0.05) is 43.4 Å². The first-order chi connectivity index (χ1) is 12.2. The maximum absolute atomic E-state index is 11.3. The minimum absolute atomic E-state index is 0.0120. The molecule has 2 atom stereocenters. The van der Waals surface area contributed by atoms with E-state index >= 15 is 0 Å². The number of sulfone groups is 1. The van der Waals surface area contributed by atoms with Gasteiger partial charge in [0.1, 0.15) is 27.4 Å². The summed E-state index contributed by atoms with van der Waals surface area (Å²) in [4.78, 5) is 4.20. The average molecular weight is 384 g/mol. The zero-order valence-electron chi connectivity index (χ0n) is 16.1. The molecule has 2 rings (SSSR count). The van der Waals surface area contributed by atoms with E-state index in [-0.39, 0.29) is 17.9 Å². The van der Waals surface area contributed by atoms with E-state index in [1.54, 1.807) is 14.2 Å². The molecule has 0 amide bonds. The van der Waals surface area contributed by atoms with Gasteiger partial charge in [-0.05, 0) is 32.4 Å². The third kappa shape index (κ3) is 5.79. The highest BCUT2D eigenvalue weighted by Gasteiger charge is 2.21. The molecule has 1 heterocycles. The van der Waals surface area contributed by atoms with E-state index in [4.69, 9.17) is 9.47 Å². The van der Waals surface area contributed by atoms with E-state index in [2.05, 4.69) is 15.6 Å². The molecule has 0 aliphatic carbocycles. The third-order valence-electron chi connectivity index (χ3n) is 4.27. The fourth-order valence-corrected chi connectivity index (χ4v) is 3.66. The molecule has 0 saturated heterocycles. The Labute approximate surface area is 156 Å². The van der Waals surface area contributed by atoms with Crippen LogP contribution in [0, 0.1) is 0 Å². The number of fused-ring (bicyclic) bond motifs is 1. The number of nitrogens with one attached hydrogen (secondary N) is 2. The van der Waals surface area contributed by atoms with Gasteiger partial charge in [0.15, 0.2) is 5.96 Å². The van der Waals surface area contributed by atoms with E-state index in [1.807, 2.05) is 26.0 Å². The number of guanidine groups is 1. The summed E-state index contributed by atoms with van der Waals surface area (Å²) in [5.74, 6) is 2.48. The van der Waals surface area contributed by atoms with Gasteiger partial charge in [-0.1, -0.05) is 0 Å². The van der Waals surface area contributed by atoms with Crippen molar-refractivity contribution in [3.63, 3.8) is 0 Å². The number of benzene rings is 1. The molecule has 0 bridgehead atoms. The topological polar surface area (TPSA) is 89.0 Å². The highest BCUT2D eigenvalue weighted by atomic mass is 32.2. The summed E-state index contributed by atoms with van der Waals surface area (Å²) in [6, 6.07) is 4.02. The molecular formula is C18H29N3O4S. The summed E-state index contributed by atoms with van der Waals surface area (Å²) in [7, 11) is 0.374. The van der Waals surface area contributed by atoms with Crippen LogP contribution < -0.4 is 20.1 Å². The molecule has 7 nitrogen and oxygen atoms in total. The lowest BCUT2D eigenvalue weighted by Crippen LogP contribution is -2.42. The predicted octanol–water partition coefficient (Wildman–Crippen LogP) is 1.51. The maximum Gasteiger partial charge on any atom is 0.191 e. The Morgan fingerprint density at radius 1 is 1.46 bits per heavy atom. The number of rotatable bonds is 7. The lowest BCUT2D eigenvalue weighted by atomic mass is 10.1. The van der Waals surface area contributed by atoms with Crippen LogP contribution in [-0.4, -0.2) is 52.7 Å². The molecule has 0 aromatic heterocycles. The molecule has 0 spiro atoms. The molecule has 26 heavy (non-hydrogen) atoms. The van der Waals surface area contributed by atoms with Crippen molar-refractivity contribution in [3.05, 3.63) is 23.3 Å². The van der Waals surface area contributed by atoms with Gasteiger partial charge in [0.2, 0.25) is 0 Å². The molecule has 1 aromatic carbocycles. The smallest absolute Gasteiger partial charge is 0.191 e. The normalized spacial score (nSPS) is 18.0. The third-order valence-corrected chi connectivity index (χ3v) is 5.25. The van der Waals surface area contributed by atoms with Crippen LogP contribution in [0.2, 0.25) is 0 Å². The molecule has 8 heteroatoms. The minimum atomic E-state index is -2.97. The van der Waals surface area contributed by atoms with E-state index < -0.39 is 9.84 Å². The Morgan fingerprint density at radius 2 is 2.19 bits per heavy atom. The molecule has 146 valence electrons. The Morgan fingerprint density at radius 3 is 2.81 bits per heavy atom. The van der Waals surface area contributed by atoms with E-state index in [1.165, 1.54) is 6.26 Å². The van der Waals surface area contributed by atoms with Crippen LogP contribution >= 0.6 is 0 Å². The Hall–Kier alpha value is -1.96. The first kappa shape index (κ1) is 20.4. The van der Waals surface area contributed by atoms with Gasteiger partial charge in [0.05, 0.1) is 12.9 Å². The molecule has 1 aliphatic heterocycles. The molecule has 0 radical (unpaired) electrons. The monoisotopic (exact) mass is 383 g/mol. The van der Waals surface area contributed by atoms with Crippen molar-refractivity contribution in [2.75, 3.05) is 26.2 Å². The largest absolute Gasteiger partial charge is 0.496 e. The molecule has 2 unspecified atom stereocenters. The Bertz CT molecular complexity index is 762. The first-order valence-corrected chi connectivity index (χ1v) is 10.8. The summed E-state index contributed by atoms with van der Waals surface area (Å²) < 4.78 is 33.9. The predicted molar refractivity (Wildman–Crippen MR) is 104 cm³/mol. The Kier molecular flexibility index (Phi) is 6.75. The van der Waals surface area contributed by atoms with Gasteiger partial charge >= 0.3 is 0 Å². The van der Waals surface area contributed by atoms with Crippen molar-refractivity contribution < 1.29 is 17.9 Å². The second-order valence-corrected chi connectivity index (χ2v) is 9.05. The molecule has 0 fully saturated rings. The maximum atomic E-state index is 11.3. The van der Waals surface area contributed by atoms with Crippen molar-refractivity contribution in [1.29, 1.82) is 0 Å². The summed E-state index contributed by atoms with van der Waals surface area (Å²) >= 11 is 0. The van der Waals surface area contributed by atoms with Gasteiger partial charge in [-0.3, -0.25) is 4.99 Å². The second kappa shape index (κ2) is 8.62. The quantitative estimate of drug-likeness (QED) is 0.548. The lowest BCUT2D eigenvalue weighted by molar-refractivity contribution is 0.254. The van der Waals surface area contributed by atoms with Gasteiger partial charge in [-0.2, -0.15) is 0 Å². The van der Waals surface area contributed by atoms with Crippen molar-refractivity contribution in [1.82, 2.24) is 10.6 Å². The zero-order chi connectivity index (χ0) is 19.3. The lowest BCUT2D eigenvalue weighted by Gasteiger charge is -2.18. The van der Waals surface area contributed by atoms with Gasteiger partial charge in [-0.25, -0.2) is 8.42 Å². The summed E-state index contributed by atoms with van der Waals surface area (Å²) in [5.41, 5.74) is 2.14. The highest BCUT2D eigenvalue weighted by Crippen LogP contribution is 2.34. The molecule has 0 saturated carbocycles. The van der Waals surface area contributed by atoms with Crippen molar-refractivity contribution in [2.45, 2.75) is 45.4 Å². The van der Waals surface area contributed by atoms with Crippen LogP contribution in [0.25, 0.3) is 0 Å². The fraction of sp³-hybridized carbons (Fsp3) is 0.611. The van der Waals surface area contributed by atoms with Crippen molar-refractivity contribution in [3.8, 4) is 11.5 Å². The summed E-state index contributed by atoms with van der Waals surface area (Å²) in [6.45, 7) is 4.50. The SMILES string of the molecule is CN=C(NCc1cc2c(cc1OC)CC(C)O2)NC(C)CCS(C)(=O)=O. The van der Waals surface area contributed by atoms with E-state index in [0.717, 1.165) is 29.0 Å². The summed E-state index contributed by atoms with van der Waals surface area (Å²) in [5, 5.41) is 6.45. The van der Waals surface area contributed by atoms with E-state index in [0.29, 0.717) is 18.9 Å². The van der Waals surface area contributed by atoms with Crippen LogP contribution in [0.4, 0.5) is 0 Å². The van der Waals surface area contributed by atoms with Crippen LogP contribution in [0.5, 0.6) is 11.5 Å². The Balaban J connectivity index is 1.97. The zero-order valence-corrected chi connectivity index (χ0v) is 16.9. The number of aliphatic imine (C=N–C) groups is 1. The van der Waals surface area contributed by atoms with Gasteiger partial charge in [-0.15, -0.1) is 0 Å². The molecule has 1 aromatic rings. The number of nitrogens with zero attached hydrogens (tertiary/aromatic N) is 1. The standard InChI is InChI=1S/C18H29N3O4S/c1-12(6-7-26(5,22)23)21-18(19-3)20-11-15-10-17-14(8-13(2)25-17)9-16(15)24-4/h9-10,12-13H,6-8,11H2,1-5H3,(H2,19,20,21). The van der Waals surface area contributed by atoms with Gasteiger partial charge in [0.25, 0.3) is 0 Å². The van der Waals surface area contributed by atoms with E-state index in [9.17, 15) is 8.42 Å². The van der Waals surface area contributed by atoms with Crippen LogP contribution in [-0.2, 0) is 22.8 Å². The molecule has 2 N–H and O–H groups in total. The molecule has 1 aliphatic rings. The van der Waals surface area contributed by atoms with Crippen LogP contribution in [0.15, 0.2) is 17.1 Å². The highest BCUT2D eigenvalue weighted by molar-refractivity contribution is 7.90. The number of methoxy groups -OCH3 is 1. The number of ether oxygens (including phenoxy) is 2. The second-order valence-electron chi connectivity index (χ2n) is 6.79. The minimum Gasteiger partial charge on any atom is -0.496 e. The van der Waals surface area contributed by atoms with Crippen LogP contribution in [0.1, 0.15) is 31.4 Å². The van der Waals surface area contributed by atoms with Gasteiger partial charge < -0.3 is 20.1 Å². The summed E-state index contributed by atoms with van der Waals surface area (Å²) in [6.07, 6.45) is 2.84.